The van der Waals surface area contributed by atoms with Crippen molar-refractivity contribution in [3.05, 3.63) is 23.0 Å². The van der Waals surface area contributed by atoms with E-state index in [4.69, 9.17) is 5.26 Å². The maximum absolute atomic E-state index is 8.75. The van der Waals surface area contributed by atoms with Gasteiger partial charge in [-0.05, 0) is 24.8 Å². The Morgan fingerprint density at radius 1 is 1.55 bits per heavy atom. The highest BCUT2D eigenvalue weighted by Gasteiger charge is 2.18. The Kier molecular flexibility index (Phi) is 1.25. The molecule has 0 N–H and O–H groups in total. The average molecular weight is 146 g/mol. The van der Waals surface area contributed by atoms with Crippen molar-refractivity contribution in [1.82, 2.24) is 4.57 Å². The van der Waals surface area contributed by atoms with Crippen molar-refractivity contribution in [2.24, 2.45) is 7.05 Å². The highest BCUT2D eigenvalue weighted by atomic mass is 14.9. The first-order chi connectivity index (χ1) is 5.33. The van der Waals surface area contributed by atoms with Crippen LogP contribution in [-0.2, 0) is 19.9 Å². The van der Waals surface area contributed by atoms with Gasteiger partial charge in [0.25, 0.3) is 0 Å². The molecule has 1 aliphatic rings. The van der Waals surface area contributed by atoms with Gasteiger partial charge in [-0.3, -0.25) is 0 Å². The third-order valence-corrected chi connectivity index (χ3v) is 2.38. The molecule has 2 heteroatoms. The minimum absolute atomic E-state index is 0.875. The van der Waals surface area contributed by atoms with Crippen LogP contribution in [-0.4, -0.2) is 4.57 Å². The number of rotatable bonds is 0. The smallest absolute Gasteiger partial charge is 0.101 e. The van der Waals surface area contributed by atoms with Crippen LogP contribution >= 0.6 is 0 Å². The Hall–Kier alpha value is -1.23. The molecular formula is C9H10N2. The van der Waals surface area contributed by atoms with Crippen LogP contribution in [0, 0.1) is 11.3 Å². The second kappa shape index (κ2) is 2.13. The van der Waals surface area contributed by atoms with Gasteiger partial charge in [0.1, 0.15) is 6.07 Å². The van der Waals surface area contributed by atoms with Crippen LogP contribution < -0.4 is 0 Å². The third kappa shape index (κ3) is 0.775. The van der Waals surface area contributed by atoms with E-state index in [0.29, 0.717) is 0 Å². The number of nitrogens with zero attached hydrogens (tertiary/aromatic N) is 2. The Balaban J connectivity index is 2.63. The molecule has 0 aromatic carbocycles. The average Bonchev–Trinajstić information content (AvgIpc) is 2.54. The molecule has 0 unspecified atom stereocenters. The van der Waals surface area contributed by atoms with E-state index in [9.17, 15) is 0 Å². The minimum Gasteiger partial charge on any atom is -0.353 e. The van der Waals surface area contributed by atoms with Gasteiger partial charge >= 0.3 is 0 Å². The molecule has 0 fully saturated rings. The third-order valence-electron chi connectivity index (χ3n) is 2.38. The Morgan fingerprint density at radius 3 is 3.09 bits per heavy atom. The maximum atomic E-state index is 8.75. The van der Waals surface area contributed by atoms with Gasteiger partial charge in [0.2, 0.25) is 0 Å². The number of fused-ring (bicyclic) bond motifs is 1. The van der Waals surface area contributed by atoms with Crippen molar-refractivity contribution >= 4 is 0 Å². The molecule has 56 valence electrons. The lowest BCUT2D eigenvalue weighted by atomic mass is 10.2. The van der Waals surface area contributed by atoms with Gasteiger partial charge < -0.3 is 4.57 Å². The Morgan fingerprint density at radius 2 is 2.36 bits per heavy atom. The standard InChI is InChI=1S/C9H10N2/c1-11-6-7(5-10)8-3-2-4-9(8)11/h6H,2-4H2,1H3. The van der Waals surface area contributed by atoms with Crippen molar-refractivity contribution in [3.8, 4) is 6.07 Å². The number of hydrogen-bond acceptors (Lipinski definition) is 1. The summed E-state index contributed by atoms with van der Waals surface area (Å²) in [5, 5.41) is 8.75. The van der Waals surface area contributed by atoms with E-state index in [2.05, 4.69) is 10.6 Å². The molecule has 0 saturated carbocycles. The highest BCUT2D eigenvalue weighted by Crippen LogP contribution is 2.25. The summed E-state index contributed by atoms with van der Waals surface area (Å²) in [6.45, 7) is 0. The quantitative estimate of drug-likeness (QED) is 0.543. The molecular weight excluding hydrogens is 136 g/mol. The fourth-order valence-electron chi connectivity index (χ4n) is 1.85. The summed E-state index contributed by atoms with van der Waals surface area (Å²) in [6.07, 6.45) is 5.39. The van der Waals surface area contributed by atoms with Crippen molar-refractivity contribution in [2.75, 3.05) is 0 Å². The second-order valence-electron chi connectivity index (χ2n) is 3.04. The molecule has 2 nitrogen and oxygen atoms in total. The summed E-state index contributed by atoms with van der Waals surface area (Å²) < 4.78 is 2.08. The molecule has 1 heterocycles. The Bertz CT molecular complexity index is 328. The molecule has 1 aromatic rings. The largest absolute Gasteiger partial charge is 0.353 e. The second-order valence-corrected chi connectivity index (χ2v) is 3.04. The molecule has 1 aromatic heterocycles. The van der Waals surface area contributed by atoms with Crippen LogP contribution in [0.5, 0.6) is 0 Å². The Labute approximate surface area is 66.1 Å². The van der Waals surface area contributed by atoms with E-state index in [-0.39, 0.29) is 0 Å². The summed E-state index contributed by atoms with van der Waals surface area (Å²) >= 11 is 0. The first-order valence-electron chi connectivity index (χ1n) is 3.90. The predicted octanol–water partition coefficient (Wildman–Crippen LogP) is 1.39. The zero-order valence-corrected chi connectivity index (χ0v) is 6.59. The normalized spacial score (nSPS) is 14.5. The van der Waals surface area contributed by atoms with E-state index in [0.717, 1.165) is 18.4 Å². The van der Waals surface area contributed by atoms with Gasteiger partial charge in [-0.15, -0.1) is 0 Å². The van der Waals surface area contributed by atoms with E-state index < -0.39 is 0 Å². The summed E-state index contributed by atoms with van der Waals surface area (Å²) in [7, 11) is 2.02. The van der Waals surface area contributed by atoms with Crippen LogP contribution in [0.1, 0.15) is 23.2 Å². The fourth-order valence-corrected chi connectivity index (χ4v) is 1.85. The molecule has 0 spiro atoms. The van der Waals surface area contributed by atoms with Crippen LogP contribution in [0.15, 0.2) is 6.20 Å². The monoisotopic (exact) mass is 146 g/mol. The van der Waals surface area contributed by atoms with Crippen molar-refractivity contribution < 1.29 is 0 Å². The topological polar surface area (TPSA) is 28.7 Å². The molecule has 0 aliphatic heterocycles. The number of aromatic nitrogens is 1. The van der Waals surface area contributed by atoms with Crippen LogP contribution in [0.4, 0.5) is 0 Å². The lowest BCUT2D eigenvalue weighted by molar-refractivity contribution is 0.808. The molecule has 2 rings (SSSR count). The number of aryl methyl sites for hydroxylation is 1. The molecule has 0 bridgehead atoms. The first-order valence-corrected chi connectivity index (χ1v) is 3.90. The first kappa shape index (κ1) is 6.48. The van der Waals surface area contributed by atoms with Gasteiger partial charge in [0.05, 0.1) is 5.56 Å². The lowest BCUT2D eigenvalue weighted by Crippen LogP contribution is -1.90. The van der Waals surface area contributed by atoms with E-state index in [1.54, 1.807) is 0 Å². The van der Waals surface area contributed by atoms with Crippen LogP contribution in [0.25, 0.3) is 0 Å². The summed E-state index contributed by atoms with van der Waals surface area (Å²) in [4.78, 5) is 0. The van der Waals surface area contributed by atoms with Crippen LogP contribution in [0.3, 0.4) is 0 Å². The highest BCUT2D eigenvalue weighted by molar-refractivity contribution is 5.43. The van der Waals surface area contributed by atoms with Gasteiger partial charge in [-0.25, -0.2) is 0 Å². The lowest BCUT2D eigenvalue weighted by Gasteiger charge is -1.94. The van der Waals surface area contributed by atoms with Gasteiger partial charge in [-0.2, -0.15) is 5.26 Å². The van der Waals surface area contributed by atoms with Crippen molar-refractivity contribution in [2.45, 2.75) is 19.3 Å². The van der Waals surface area contributed by atoms with E-state index >= 15 is 0 Å². The van der Waals surface area contributed by atoms with Gasteiger partial charge in [-0.1, -0.05) is 0 Å². The number of nitriles is 1. The van der Waals surface area contributed by atoms with Crippen molar-refractivity contribution in [3.63, 3.8) is 0 Å². The zero-order valence-electron chi connectivity index (χ0n) is 6.59. The molecule has 0 atom stereocenters. The van der Waals surface area contributed by atoms with E-state index in [1.807, 2.05) is 13.2 Å². The maximum Gasteiger partial charge on any atom is 0.101 e. The summed E-state index contributed by atoms with van der Waals surface area (Å²) in [5.74, 6) is 0. The minimum atomic E-state index is 0.875. The molecule has 0 amide bonds. The molecule has 1 aliphatic carbocycles. The van der Waals surface area contributed by atoms with Crippen molar-refractivity contribution in [1.29, 1.82) is 5.26 Å². The van der Waals surface area contributed by atoms with Gasteiger partial charge in [0.15, 0.2) is 0 Å². The summed E-state index contributed by atoms with van der Waals surface area (Å²) in [6, 6.07) is 2.23. The molecule has 0 saturated heterocycles. The number of hydrogen-bond donors (Lipinski definition) is 0. The fraction of sp³-hybridized carbons (Fsp3) is 0.444. The summed E-state index contributed by atoms with van der Waals surface area (Å²) in [5.41, 5.74) is 3.52. The van der Waals surface area contributed by atoms with Gasteiger partial charge in [0, 0.05) is 18.9 Å². The zero-order chi connectivity index (χ0) is 7.84. The SMILES string of the molecule is Cn1cc(C#N)c2c1CCC2. The molecule has 0 radical (unpaired) electrons. The van der Waals surface area contributed by atoms with E-state index in [1.165, 1.54) is 17.7 Å². The van der Waals surface area contributed by atoms with Crippen LogP contribution in [0.2, 0.25) is 0 Å². The molecule has 11 heavy (non-hydrogen) atoms. The predicted molar refractivity (Wildman–Crippen MR) is 42.2 cm³/mol.